The average Bonchev–Trinajstić information content (AvgIpc) is 2.78. The van der Waals surface area contributed by atoms with E-state index in [1.807, 2.05) is 18.2 Å². The molecule has 0 saturated carbocycles. The predicted octanol–water partition coefficient (Wildman–Crippen LogP) is 3.35. The van der Waals surface area contributed by atoms with Crippen molar-refractivity contribution in [3.63, 3.8) is 0 Å². The zero-order valence-electron chi connectivity index (χ0n) is 17.4. The van der Waals surface area contributed by atoms with Gasteiger partial charge in [0.25, 0.3) is 0 Å². The molecule has 3 atom stereocenters. The van der Waals surface area contributed by atoms with Gasteiger partial charge in [0.15, 0.2) is 0 Å². The molecule has 2 aliphatic rings. The lowest BCUT2D eigenvalue weighted by Gasteiger charge is -2.36. The first-order valence-electron chi connectivity index (χ1n) is 10.8. The number of carbonyl (C=O) groups is 1. The molecule has 3 heterocycles. The van der Waals surface area contributed by atoms with Crippen molar-refractivity contribution in [1.29, 1.82) is 5.26 Å². The lowest BCUT2D eigenvalue weighted by molar-refractivity contribution is -0.129. The topological polar surface area (TPSA) is 69.0 Å². The van der Waals surface area contributed by atoms with Crippen LogP contribution in [0, 0.1) is 29.1 Å². The summed E-state index contributed by atoms with van der Waals surface area (Å²) in [5.41, 5.74) is 2.57. The fourth-order valence-corrected chi connectivity index (χ4v) is 5.17. The molecule has 2 aromatic rings. The Labute approximate surface area is 173 Å². The lowest BCUT2D eigenvalue weighted by Crippen LogP contribution is -2.43. The van der Waals surface area contributed by atoms with Crippen molar-refractivity contribution in [2.75, 3.05) is 33.2 Å². The summed E-state index contributed by atoms with van der Waals surface area (Å²) in [7, 11) is 2.16. The normalized spacial score (nSPS) is 24.9. The smallest absolute Gasteiger partial charge is 0.140 e. The number of fused-ring (bicyclic) bond motifs is 1. The van der Waals surface area contributed by atoms with Gasteiger partial charge >= 0.3 is 0 Å². The molecular formula is C24H30N4O. The van der Waals surface area contributed by atoms with E-state index in [9.17, 15) is 10.1 Å². The van der Waals surface area contributed by atoms with E-state index in [1.165, 1.54) is 5.56 Å². The SMILES string of the molecule is C[C@H](C(=O)[C@@H]1CNC[C@H](c2ccc(C#N)c3ncccc23)C1)C1CCN(C)CC1. The van der Waals surface area contributed by atoms with E-state index in [1.54, 1.807) is 6.20 Å². The highest BCUT2D eigenvalue weighted by Crippen LogP contribution is 2.35. The maximum absolute atomic E-state index is 13.3. The van der Waals surface area contributed by atoms with Crippen LogP contribution in [0.15, 0.2) is 30.5 Å². The average molecular weight is 391 g/mol. The van der Waals surface area contributed by atoms with Gasteiger partial charge in [-0.25, -0.2) is 0 Å². The van der Waals surface area contributed by atoms with Gasteiger partial charge in [-0.1, -0.05) is 19.1 Å². The third-order valence-electron chi connectivity index (χ3n) is 7.04. The molecule has 0 amide bonds. The number of aromatic nitrogens is 1. The molecule has 0 aliphatic carbocycles. The number of Topliss-reactive ketones (excluding diaryl/α,β-unsaturated/α-hetero) is 1. The molecule has 4 rings (SSSR count). The number of rotatable bonds is 4. The van der Waals surface area contributed by atoms with Crippen molar-refractivity contribution < 1.29 is 4.79 Å². The third kappa shape index (κ3) is 4.05. The minimum absolute atomic E-state index is 0.0609. The summed E-state index contributed by atoms with van der Waals surface area (Å²) in [6.45, 7) is 5.97. The summed E-state index contributed by atoms with van der Waals surface area (Å²) in [5, 5.41) is 13.9. The molecule has 0 spiro atoms. The van der Waals surface area contributed by atoms with Crippen LogP contribution in [0.3, 0.4) is 0 Å². The molecule has 1 N–H and O–H groups in total. The standard InChI is InChI=1S/C24H30N4O/c1-16(17-7-10-28(2)11-8-17)24(29)20-12-19(14-26-15-20)21-6-5-18(13-25)23-22(21)4-3-9-27-23/h3-6,9,16-17,19-20,26H,7-8,10-12,14-15H2,1-2H3/t16-,19+,20-/m0/s1. The number of nitrogens with one attached hydrogen (secondary N) is 1. The molecule has 2 aliphatic heterocycles. The van der Waals surface area contributed by atoms with Crippen LogP contribution in [0.5, 0.6) is 0 Å². The number of carbonyl (C=O) groups excluding carboxylic acids is 1. The highest BCUT2D eigenvalue weighted by Gasteiger charge is 2.35. The number of nitriles is 1. The summed E-state index contributed by atoms with van der Waals surface area (Å²) < 4.78 is 0. The van der Waals surface area contributed by atoms with Gasteiger partial charge in [-0.05, 0) is 68.9 Å². The molecule has 2 saturated heterocycles. The number of pyridine rings is 1. The third-order valence-corrected chi connectivity index (χ3v) is 7.04. The van der Waals surface area contributed by atoms with Gasteiger partial charge in [0.2, 0.25) is 0 Å². The zero-order chi connectivity index (χ0) is 20.4. The van der Waals surface area contributed by atoms with Crippen LogP contribution in [0.1, 0.15) is 43.2 Å². The summed E-state index contributed by atoms with van der Waals surface area (Å²) >= 11 is 0. The molecule has 1 aromatic carbocycles. The Morgan fingerprint density at radius 3 is 2.83 bits per heavy atom. The van der Waals surface area contributed by atoms with Gasteiger partial charge in [0.05, 0.1) is 11.1 Å². The number of piperidine rings is 2. The Morgan fingerprint density at radius 1 is 1.28 bits per heavy atom. The monoisotopic (exact) mass is 390 g/mol. The molecule has 5 heteroatoms. The molecule has 0 radical (unpaired) electrons. The van der Waals surface area contributed by atoms with E-state index in [0.29, 0.717) is 17.3 Å². The van der Waals surface area contributed by atoms with Gasteiger partial charge in [-0.3, -0.25) is 9.78 Å². The summed E-state index contributed by atoms with van der Waals surface area (Å²) in [6, 6.07) is 10.1. The molecule has 0 bridgehead atoms. The Bertz CT molecular complexity index is 926. The Balaban J connectivity index is 1.52. The quantitative estimate of drug-likeness (QED) is 0.867. The van der Waals surface area contributed by atoms with Crippen LogP contribution in [0.4, 0.5) is 0 Å². The van der Waals surface area contributed by atoms with Crippen molar-refractivity contribution >= 4 is 16.7 Å². The van der Waals surface area contributed by atoms with E-state index in [-0.39, 0.29) is 17.8 Å². The fraction of sp³-hybridized carbons (Fsp3) is 0.542. The Hall–Kier alpha value is -2.29. The van der Waals surface area contributed by atoms with Gasteiger partial charge in [0, 0.05) is 36.5 Å². The van der Waals surface area contributed by atoms with Gasteiger partial charge in [-0.15, -0.1) is 0 Å². The van der Waals surface area contributed by atoms with E-state index >= 15 is 0 Å². The highest BCUT2D eigenvalue weighted by atomic mass is 16.1. The van der Waals surface area contributed by atoms with Gasteiger partial charge < -0.3 is 10.2 Å². The minimum Gasteiger partial charge on any atom is -0.315 e. The van der Waals surface area contributed by atoms with Crippen molar-refractivity contribution in [3.8, 4) is 6.07 Å². The molecule has 29 heavy (non-hydrogen) atoms. The van der Waals surface area contributed by atoms with Crippen molar-refractivity contribution in [3.05, 3.63) is 41.6 Å². The van der Waals surface area contributed by atoms with Crippen LogP contribution >= 0.6 is 0 Å². The number of nitrogens with zero attached hydrogens (tertiary/aromatic N) is 3. The molecule has 0 unspecified atom stereocenters. The summed E-state index contributed by atoms with van der Waals surface area (Å²) in [4.78, 5) is 20.1. The maximum Gasteiger partial charge on any atom is 0.140 e. The molecule has 1 aromatic heterocycles. The second kappa shape index (κ2) is 8.61. The fourth-order valence-electron chi connectivity index (χ4n) is 5.17. The first kappa shape index (κ1) is 20.0. The minimum atomic E-state index is 0.0609. The summed E-state index contributed by atoms with van der Waals surface area (Å²) in [6.07, 6.45) is 4.86. The number of hydrogen-bond donors (Lipinski definition) is 1. The molecule has 152 valence electrons. The van der Waals surface area contributed by atoms with Gasteiger partial charge in [0.1, 0.15) is 11.9 Å². The van der Waals surface area contributed by atoms with E-state index < -0.39 is 0 Å². The lowest BCUT2D eigenvalue weighted by atomic mass is 9.75. The van der Waals surface area contributed by atoms with Gasteiger partial charge in [-0.2, -0.15) is 5.26 Å². The predicted molar refractivity (Wildman–Crippen MR) is 115 cm³/mol. The van der Waals surface area contributed by atoms with Crippen molar-refractivity contribution in [2.24, 2.45) is 17.8 Å². The van der Waals surface area contributed by atoms with E-state index in [2.05, 4.69) is 41.3 Å². The summed E-state index contributed by atoms with van der Waals surface area (Å²) in [5.74, 6) is 1.40. The Morgan fingerprint density at radius 2 is 2.07 bits per heavy atom. The van der Waals surface area contributed by atoms with E-state index in [0.717, 1.165) is 56.3 Å². The first-order chi connectivity index (χ1) is 14.1. The van der Waals surface area contributed by atoms with Crippen LogP contribution < -0.4 is 5.32 Å². The second-order valence-electron chi connectivity index (χ2n) is 8.83. The van der Waals surface area contributed by atoms with E-state index in [4.69, 9.17) is 0 Å². The highest BCUT2D eigenvalue weighted by molar-refractivity contribution is 5.88. The number of ketones is 1. The van der Waals surface area contributed by atoms with Crippen molar-refractivity contribution in [1.82, 2.24) is 15.2 Å². The zero-order valence-corrected chi connectivity index (χ0v) is 17.4. The van der Waals surface area contributed by atoms with Crippen LogP contribution in [-0.2, 0) is 4.79 Å². The molecule has 5 nitrogen and oxygen atoms in total. The molecular weight excluding hydrogens is 360 g/mol. The van der Waals surface area contributed by atoms with Crippen LogP contribution in [0.25, 0.3) is 10.9 Å². The molecule has 2 fully saturated rings. The van der Waals surface area contributed by atoms with Crippen LogP contribution in [0.2, 0.25) is 0 Å². The Kier molecular flexibility index (Phi) is 5.94. The largest absolute Gasteiger partial charge is 0.315 e. The number of hydrogen-bond acceptors (Lipinski definition) is 5. The number of benzene rings is 1. The number of likely N-dealkylation sites (tertiary alicyclic amines) is 1. The second-order valence-corrected chi connectivity index (χ2v) is 8.83. The van der Waals surface area contributed by atoms with Crippen molar-refractivity contribution in [2.45, 2.75) is 32.1 Å². The maximum atomic E-state index is 13.3. The first-order valence-corrected chi connectivity index (χ1v) is 10.8. The van der Waals surface area contributed by atoms with Crippen LogP contribution in [-0.4, -0.2) is 48.9 Å².